The van der Waals surface area contributed by atoms with Crippen molar-refractivity contribution in [2.24, 2.45) is 0 Å². The maximum Gasteiger partial charge on any atom is 0.251 e. The average molecular weight is 407 g/mol. The van der Waals surface area contributed by atoms with Gasteiger partial charge < -0.3 is 15.4 Å². The summed E-state index contributed by atoms with van der Waals surface area (Å²) in [5.41, 5.74) is 3.34. The van der Waals surface area contributed by atoms with Gasteiger partial charge in [-0.05, 0) is 36.4 Å². The summed E-state index contributed by atoms with van der Waals surface area (Å²) >= 11 is 0. The summed E-state index contributed by atoms with van der Waals surface area (Å²) in [4.78, 5) is 31.0. The summed E-state index contributed by atoms with van der Waals surface area (Å²) in [5.74, 6) is -0.474. The van der Waals surface area contributed by atoms with Crippen LogP contribution >= 0.6 is 0 Å². The first-order chi connectivity index (χ1) is 14.7. The van der Waals surface area contributed by atoms with Gasteiger partial charge in [-0.3, -0.25) is 19.1 Å². The summed E-state index contributed by atoms with van der Waals surface area (Å²) < 4.78 is 7.27. The molecule has 2 amide bonds. The van der Waals surface area contributed by atoms with Crippen molar-refractivity contribution in [2.45, 2.75) is 0 Å². The summed E-state index contributed by atoms with van der Waals surface area (Å²) in [6.45, 7) is 4.54. The molecule has 30 heavy (non-hydrogen) atoms. The largest absolute Gasteiger partial charge is 0.379 e. The van der Waals surface area contributed by atoms with E-state index in [-0.39, 0.29) is 18.4 Å². The van der Waals surface area contributed by atoms with E-state index in [2.05, 4.69) is 20.5 Å². The van der Waals surface area contributed by atoms with Crippen LogP contribution in [0.25, 0.3) is 16.7 Å². The molecule has 2 heterocycles. The third kappa shape index (κ3) is 4.84. The Morgan fingerprint density at radius 2 is 1.77 bits per heavy atom. The van der Waals surface area contributed by atoms with Crippen molar-refractivity contribution in [2.75, 3.05) is 45.9 Å². The number of carbonyl (C=O) groups excluding carboxylic acids is 2. The van der Waals surface area contributed by atoms with Crippen LogP contribution in [0.2, 0.25) is 0 Å². The Balaban J connectivity index is 1.26. The number of amides is 2. The molecule has 0 saturated carbocycles. The van der Waals surface area contributed by atoms with Crippen molar-refractivity contribution in [3.8, 4) is 5.69 Å². The van der Waals surface area contributed by atoms with Gasteiger partial charge in [-0.15, -0.1) is 0 Å². The molecule has 156 valence electrons. The van der Waals surface area contributed by atoms with Gasteiger partial charge in [-0.1, -0.05) is 12.1 Å². The first-order valence-corrected chi connectivity index (χ1v) is 10.1. The Kier molecular flexibility index (Phi) is 6.36. The number of carbonyl (C=O) groups is 2. The fourth-order valence-electron chi connectivity index (χ4n) is 3.44. The predicted octanol–water partition coefficient (Wildman–Crippen LogP) is 1.20. The maximum atomic E-state index is 12.3. The monoisotopic (exact) mass is 407 g/mol. The van der Waals surface area contributed by atoms with Gasteiger partial charge in [0.2, 0.25) is 5.91 Å². The number of hydrogen-bond acceptors (Lipinski definition) is 5. The van der Waals surface area contributed by atoms with Crippen molar-refractivity contribution in [1.29, 1.82) is 0 Å². The third-order valence-electron chi connectivity index (χ3n) is 5.12. The Hall–Kier alpha value is -3.23. The number of hydrogen-bond donors (Lipinski definition) is 2. The molecule has 0 unspecified atom stereocenters. The summed E-state index contributed by atoms with van der Waals surface area (Å²) in [7, 11) is 0. The Morgan fingerprint density at radius 1 is 1.00 bits per heavy atom. The number of nitrogens with zero attached hydrogens (tertiary/aromatic N) is 3. The number of rotatable bonds is 7. The molecule has 3 aromatic rings. The van der Waals surface area contributed by atoms with Crippen LogP contribution in [0, 0.1) is 0 Å². The Bertz CT molecular complexity index is 1010. The molecule has 1 saturated heterocycles. The fourth-order valence-corrected chi connectivity index (χ4v) is 3.44. The predicted molar refractivity (Wildman–Crippen MR) is 114 cm³/mol. The van der Waals surface area contributed by atoms with E-state index >= 15 is 0 Å². The highest BCUT2D eigenvalue weighted by Crippen LogP contribution is 2.18. The van der Waals surface area contributed by atoms with Gasteiger partial charge in [0, 0.05) is 37.4 Å². The van der Waals surface area contributed by atoms with Crippen LogP contribution in [0.3, 0.4) is 0 Å². The standard InChI is InChI=1S/C22H25N5O3/c28-21(23-9-10-26-11-13-30-14-12-26)15-24-22(29)17-5-7-18(8-6-17)27-16-25-19-3-1-2-4-20(19)27/h1-8,16H,9-15H2,(H,23,28)(H,24,29). The Labute approximate surface area is 174 Å². The second-order valence-electron chi connectivity index (χ2n) is 7.14. The summed E-state index contributed by atoms with van der Waals surface area (Å²) in [5, 5.41) is 5.50. The number of benzene rings is 2. The number of nitrogens with one attached hydrogen (secondary N) is 2. The molecular formula is C22H25N5O3. The molecule has 0 atom stereocenters. The molecule has 1 aliphatic rings. The quantitative estimate of drug-likeness (QED) is 0.615. The molecule has 1 aromatic heterocycles. The van der Waals surface area contributed by atoms with Crippen LogP contribution in [0.5, 0.6) is 0 Å². The van der Waals surface area contributed by atoms with E-state index in [0.29, 0.717) is 12.1 Å². The molecule has 2 N–H and O–H groups in total. The summed E-state index contributed by atoms with van der Waals surface area (Å²) in [6, 6.07) is 15.1. The van der Waals surface area contributed by atoms with E-state index in [1.54, 1.807) is 18.5 Å². The molecular weight excluding hydrogens is 382 g/mol. The lowest BCUT2D eigenvalue weighted by atomic mass is 10.2. The van der Waals surface area contributed by atoms with Crippen LogP contribution in [0.1, 0.15) is 10.4 Å². The lowest BCUT2D eigenvalue weighted by molar-refractivity contribution is -0.120. The molecule has 0 bridgehead atoms. The average Bonchev–Trinajstić information content (AvgIpc) is 3.22. The molecule has 1 fully saturated rings. The van der Waals surface area contributed by atoms with Gasteiger partial charge in [0.1, 0.15) is 6.33 Å². The third-order valence-corrected chi connectivity index (χ3v) is 5.12. The minimum atomic E-state index is -0.277. The van der Waals surface area contributed by atoms with E-state index in [1.165, 1.54) is 0 Å². The molecule has 8 nitrogen and oxygen atoms in total. The number of imidazole rings is 1. The van der Waals surface area contributed by atoms with E-state index in [1.807, 2.05) is 41.0 Å². The second-order valence-corrected chi connectivity index (χ2v) is 7.14. The topological polar surface area (TPSA) is 88.5 Å². The lowest BCUT2D eigenvalue weighted by Gasteiger charge is -2.26. The van der Waals surface area contributed by atoms with Crippen molar-refractivity contribution in [1.82, 2.24) is 25.1 Å². The van der Waals surface area contributed by atoms with E-state index < -0.39 is 0 Å². The van der Waals surface area contributed by atoms with Crippen LogP contribution in [0.4, 0.5) is 0 Å². The normalized spacial score (nSPS) is 14.5. The molecule has 0 radical (unpaired) electrons. The SMILES string of the molecule is O=C(CNC(=O)c1ccc(-n2cnc3ccccc32)cc1)NCCN1CCOCC1. The molecule has 8 heteroatoms. The smallest absolute Gasteiger partial charge is 0.251 e. The van der Waals surface area contributed by atoms with Crippen LogP contribution < -0.4 is 10.6 Å². The van der Waals surface area contributed by atoms with Gasteiger partial charge in [-0.2, -0.15) is 0 Å². The van der Waals surface area contributed by atoms with Crippen molar-refractivity contribution >= 4 is 22.8 Å². The zero-order valence-corrected chi connectivity index (χ0v) is 16.7. The second kappa shape index (κ2) is 9.51. The summed E-state index contributed by atoms with van der Waals surface area (Å²) in [6.07, 6.45) is 1.76. The highest BCUT2D eigenvalue weighted by Gasteiger charge is 2.12. The molecule has 0 spiro atoms. The van der Waals surface area contributed by atoms with Gasteiger partial charge in [-0.25, -0.2) is 4.98 Å². The van der Waals surface area contributed by atoms with Crippen LogP contribution in [0.15, 0.2) is 54.9 Å². The van der Waals surface area contributed by atoms with Crippen molar-refractivity contribution in [3.63, 3.8) is 0 Å². The lowest BCUT2D eigenvalue weighted by Crippen LogP contribution is -2.43. The molecule has 0 aliphatic carbocycles. The number of aromatic nitrogens is 2. The van der Waals surface area contributed by atoms with E-state index in [0.717, 1.165) is 49.6 Å². The number of para-hydroxylation sites is 2. The van der Waals surface area contributed by atoms with Gasteiger partial charge in [0.25, 0.3) is 5.91 Å². The molecule has 2 aromatic carbocycles. The van der Waals surface area contributed by atoms with Crippen LogP contribution in [-0.2, 0) is 9.53 Å². The minimum Gasteiger partial charge on any atom is -0.379 e. The van der Waals surface area contributed by atoms with Crippen molar-refractivity contribution < 1.29 is 14.3 Å². The maximum absolute atomic E-state index is 12.3. The zero-order chi connectivity index (χ0) is 20.8. The van der Waals surface area contributed by atoms with Gasteiger partial charge in [0.15, 0.2) is 0 Å². The van der Waals surface area contributed by atoms with Gasteiger partial charge in [0.05, 0.1) is 30.8 Å². The first-order valence-electron chi connectivity index (χ1n) is 10.1. The molecule has 4 rings (SSSR count). The molecule has 1 aliphatic heterocycles. The van der Waals surface area contributed by atoms with Crippen molar-refractivity contribution in [3.05, 3.63) is 60.4 Å². The van der Waals surface area contributed by atoms with Gasteiger partial charge >= 0.3 is 0 Å². The van der Waals surface area contributed by atoms with E-state index in [9.17, 15) is 9.59 Å². The fraction of sp³-hybridized carbons (Fsp3) is 0.318. The Morgan fingerprint density at radius 3 is 2.57 bits per heavy atom. The zero-order valence-electron chi connectivity index (χ0n) is 16.7. The number of fused-ring (bicyclic) bond motifs is 1. The minimum absolute atomic E-state index is 0.0458. The number of morpholine rings is 1. The van der Waals surface area contributed by atoms with E-state index in [4.69, 9.17) is 4.74 Å². The first kappa shape index (κ1) is 20.1. The highest BCUT2D eigenvalue weighted by molar-refractivity contribution is 5.96. The highest BCUT2D eigenvalue weighted by atomic mass is 16.5. The number of ether oxygens (including phenoxy) is 1. The van der Waals surface area contributed by atoms with Crippen LogP contribution in [-0.4, -0.2) is 72.2 Å².